The van der Waals surface area contributed by atoms with Gasteiger partial charge in [0.15, 0.2) is 6.61 Å². The molecule has 8 heteroatoms. The Hall–Kier alpha value is -2.87. The molecule has 2 heterocycles. The molecule has 0 unspecified atom stereocenters. The number of ether oxygens (including phenoxy) is 1. The van der Waals surface area contributed by atoms with Gasteiger partial charge in [-0.2, -0.15) is 5.10 Å². The molecule has 1 fully saturated rings. The molecule has 1 aliphatic rings. The van der Waals surface area contributed by atoms with E-state index in [1.165, 1.54) is 4.90 Å². The van der Waals surface area contributed by atoms with Gasteiger partial charge in [0.1, 0.15) is 11.3 Å². The number of amides is 2. The zero-order valence-electron chi connectivity index (χ0n) is 15.6. The van der Waals surface area contributed by atoms with E-state index in [4.69, 9.17) is 4.74 Å². The Morgan fingerprint density at radius 3 is 2.56 bits per heavy atom. The number of aromatic nitrogens is 2. The van der Waals surface area contributed by atoms with E-state index in [0.29, 0.717) is 24.3 Å². The number of anilines is 1. The lowest BCUT2D eigenvalue weighted by molar-refractivity contribution is -0.130. The van der Waals surface area contributed by atoms with Crippen molar-refractivity contribution in [3.05, 3.63) is 42.7 Å². The normalized spacial score (nSPS) is 15.8. The molecule has 2 amide bonds. The first kappa shape index (κ1) is 18.9. The molecule has 0 aliphatic carbocycles. The summed E-state index contributed by atoms with van der Waals surface area (Å²) in [5.41, 5.74) is -0.0152. The average molecular weight is 371 g/mol. The minimum absolute atomic E-state index is 0.0197. The maximum atomic E-state index is 13.1. The second-order valence-corrected chi connectivity index (χ2v) is 6.79. The molecule has 27 heavy (non-hydrogen) atoms. The SMILES string of the molecule is CN(C)C(=O)COc1ccc(NC(=O)C2(n3cccn3)CCNCC2)cc1. The van der Waals surface area contributed by atoms with Crippen molar-refractivity contribution in [2.24, 2.45) is 0 Å². The molecule has 1 aromatic heterocycles. The van der Waals surface area contributed by atoms with E-state index in [1.54, 1.807) is 49.2 Å². The molecular formula is C19H25N5O3. The summed E-state index contributed by atoms with van der Waals surface area (Å²) in [4.78, 5) is 26.1. The molecule has 3 rings (SSSR count). The van der Waals surface area contributed by atoms with Gasteiger partial charge in [-0.3, -0.25) is 14.3 Å². The molecule has 0 radical (unpaired) electrons. The highest BCUT2D eigenvalue weighted by Crippen LogP contribution is 2.29. The van der Waals surface area contributed by atoms with Gasteiger partial charge in [0.05, 0.1) is 0 Å². The van der Waals surface area contributed by atoms with Crippen LogP contribution in [-0.4, -0.2) is 60.3 Å². The summed E-state index contributed by atoms with van der Waals surface area (Å²) in [6.45, 7) is 1.51. The zero-order chi connectivity index (χ0) is 19.3. The fourth-order valence-electron chi connectivity index (χ4n) is 3.08. The Balaban J connectivity index is 1.67. The van der Waals surface area contributed by atoms with Gasteiger partial charge in [-0.15, -0.1) is 0 Å². The molecule has 1 saturated heterocycles. The predicted molar refractivity (Wildman–Crippen MR) is 102 cm³/mol. The number of nitrogens with one attached hydrogen (secondary N) is 2. The van der Waals surface area contributed by atoms with E-state index < -0.39 is 5.54 Å². The van der Waals surface area contributed by atoms with E-state index in [1.807, 2.05) is 12.3 Å². The maximum absolute atomic E-state index is 13.1. The number of hydrogen-bond acceptors (Lipinski definition) is 5. The average Bonchev–Trinajstić information content (AvgIpc) is 3.23. The standard InChI is InChI=1S/C19H25N5O3/c1-23(2)17(25)14-27-16-6-4-15(5-7-16)22-18(26)19(8-11-20-12-9-19)24-13-3-10-21-24/h3-7,10,13,20H,8-9,11-12,14H2,1-2H3,(H,22,26). The molecule has 0 spiro atoms. The first-order chi connectivity index (χ1) is 13.0. The van der Waals surface area contributed by atoms with Crippen LogP contribution in [0.2, 0.25) is 0 Å². The molecule has 1 aliphatic heterocycles. The smallest absolute Gasteiger partial charge is 0.259 e. The zero-order valence-corrected chi connectivity index (χ0v) is 15.6. The van der Waals surface area contributed by atoms with Crippen molar-refractivity contribution in [3.63, 3.8) is 0 Å². The van der Waals surface area contributed by atoms with E-state index >= 15 is 0 Å². The molecule has 0 bridgehead atoms. The Kier molecular flexibility index (Phi) is 5.75. The van der Waals surface area contributed by atoms with Gasteiger partial charge in [-0.25, -0.2) is 0 Å². The molecule has 144 valence electrons. The fraction of sp³-hybridized carbons (Fsp3) is 0.421. The number of piperidine rings is 1. The Bertz CT molecular complexity index is 765. The van der Waals surface area contributed by atoms with Gasteiger partial charge in [-0.1, -0.05) is 0 Å². The Morgan fingerprint density at radius 2 is 1.96 bits per heavy atom. The van der Waals surface area contributed by atoms with E-state index in [0.717, 1.165) is 13.1 Å². The number of carbonyl (C=O) groups excluding carboxylic acids is 2. The van der Waals surface area contributed by atoms with Crippen LogP contribution in [-0.2, 0) is 15.1 Å². The van der Waals surface area contributed by atoms with Crippen LogP contribution in [0.1, 0.15) is 12.8 Å². The van der Waals surface area contributed by atoms with Crippen LogP contribution in [0.15, 0.2) is 42.7 Å². The minimum Gasteiger partial charge on any atom is -0.484 e. The fourth-order valence-corrected chi connectivity index (χ4v) is 3.08. The van der Waals surface area contributed by atoms with Gasteiger partial charge in [0.25, 0.3) is 11.8 Å². The van der Waals surface area contributed by atoms with Crippen molar-refractivity contribution in [2.45, 2.75) is 18.4 Å². The topological polar surface area (TPSA) is 88.5 Å². The van der Waals surface area contributed by atoms with E-state index in [-0.39, 0.29) is 18.4 Å². The van der Waals surface area contributed by atoms with Crippen molar-refractivity contribution in [3.8, 4) is 5.75 Å². The van der Waals surface area contributed by atoms with Gasteiger partial charge >= 0.3 is 0 Å². The third kappa shape index (κ3) is 4.28. The summed E-state index contributed by atoms with van der Waals surface area (Å²) in [7, 11) is 3.36. The Labute approximate surface area is 158 Å². The van der Waals surface area contributed by atoms with Crippen LogP contribution in [0, 0.1) is 0 Å². The van der Waals surface area contributed by atoms with E-state index in [2.05, 4.69) is 15.7 Å². The monoisotopic (exact) mass is 371 g/mol. The summed E-state index contributed by atoms with van der Waals surface area (Å²) in [6, 6.07) is 8.85. The van der Waals surface area contributed by atoms with Crippen molar-refractivity contribution in [1.82, 2.24) is 20.0 Å². The Morgan fingerprint density at radius 1 is 1.26 bits per heavy atom. The molecule has 0 atom stereocenters. The summed E-state index contributed by atoms with van der Waals surface area (Å²) in [6.07, 6.45) is 4.88. The summed E-state index contributed by atoms with van der Waals surface area (Å²) >= 11 is 0. The third-order valence-electron chi connectivity index (χ3n) is 4.77. The second-order valence-electron chi connectivity index (χ2n) is 6.79. The first-order valence-corrected chi connectivity index (χ1v) is 8.96. The van der Waals surface area contributed by atoms with Crippen molar-refractivity contribution < 1.29 is 14.3 Å². The van der Waals surface area contributed by atoms with Crippen LogP contribution < -0.4 is 15.4 Å². The van der Waals surface area contributed by atoms with E-state index in [9.17, 15) is 9.59 Å². The highest BCUT2D eigenvalue weighted by molar-refractivity contribution is 5.96. The number of rotatable bonds is 6. The van der Waals surface area contributed by atoms with Gasteiger partial charge in [-0.05, 0) is 56.3 Å². The first-order valence-electron chi connectivity index (χ1n) is 8.96. The van der Waals surface area contributed by atoms with Gasteiger partial charge in [0.2, 0.25) is 0 Å². The van der Waals surface area contributed by atoms with Crippen molar-refractivity contribution in [2.75, 3.05) is 39.1 Å². The summed E-state index contributed by atoms with van der Waals surface area (Å²) < 4.78 is 7.22. The predicted octanol–water partition coefficient (Wildman–Crippen LogP) is 1.07. The largest absolute Gasteiger partial charge is 0.484 e. The van der Waals surface area contributed by atoms with Crippen LogP contribution in [0.3, 0.4) is 0 Å². The highest BCUT2D eigenvalue weighted by atomic mass is 16.5. The molecule has 0 saturated carbocycles. The number of benzene rings is 1. The molecule has 2 aromatic rings. The van der Waals surface area contributed by atoms with Crippen LogP contribution in [0.4, 0.5) is 5.69 Å². The number of hydrogen-bond donors (Lipinski definition) is 2. The third-order valence-corrected chi connectivity index (χ3v) is 4.77. The van der Waals surface area contributed by atoms with Gasteiger partial charge in [0, 0.05) is 32.2 Å². The lowest BCUT2D eigenvalue weighted by atomic mass is 9.87. The van der Waals surface area contributed by atoms with Crippen LogP contribution >= 0.6 is 0 Å². The lowest BCUT2D eigenvalue weighted by Gasteiger charge is -2.36. The molecular weight excluding hydrogens is 346 g/mol. The number of nitrogens with zero attached hydrogens (tertiary/aromatic N) is 3. The van der Waals surface area contributed by atoms with Gasteiger partial charge < -0.3 is 20.3 Å². The maximum Gasteiger partial charge on any atom is 0.259 e. The molecule has 2 N–H and O–H groups in total. The quantitative estimate of drug-likeness (QED) is 0.793. The second kappa shape index (κ2) is 8.22. The number of likely N-dealkylation sites (N-methyl/N-ethyl adjacent to an activating group) is 1. The lowest BCUT2D eigenvalue weighted by Crippen LogP contribution is -2.52. The summed E-state index contributed by atoms with van der Waals surface area (Å²) in [5.74, 6) is 0.385. The van der Waals surface area contributed by atoms with Crippen molar-refractivity contribution >= 4 is 17.5 Å². The van der Waals surface area contributed by atoms with Crippen LogP contribution in [0.5, 0.6) is 5.75 Å². The molecule has 8 nitrogen and oxygen atoms in total. The van der Waals surface area contributed by atoms with Crippen LogP contribution in [0.25, 0.3) is 0 Å². The highest BCUT2D eigenvalue weighted by Gasteiger charge is 2.42. The number of carbonyl (C=O) groups is 2. The van der Waals surface area contributed by atoms with Crippen molar-refractivity contribution in [1.29, 1.82) is 0 Å². The summed E-state index contributed by atoms with van der Waals surface area (Å²) in [5, 5.41) is 10.6. The minimum atomic E-state index is -0.692. The molecule has 1 aromatic carbocycles.